The first-order valence-corrected chi connectivity index (χ1v) is 35.0. The van der Waals surface area contributed by atoms with E-state index in [1.54, 1.807) is 0 Å². The predicted octanol–water partition coefficient (Wildman–Crippen LogP) is 10.8. The molecule has 9 aromatic carbocycles. The molecule has 3 aliphatic heterocycles. The van der Waals surface area contributed by atoms with Crippen LogP contribution in [0.1, 0.15) is 50.1 Å². The fourth-order valence-corrected chi connectivity index (χ4v) is 13.1. The highest BCUT2D eigenvalue weighted by Gasteiger charge is 2.57. The number of amides is 2. The van der Waals surface area contributed by atoms with Crippen molar-refractivity contribution in [2.75, 3.05) is 19.8 Å². The highest BCUT2D eigenvalue weighted by molar-refractivity contribution is 5.87. The van der Waals surface area contributed by atoms with Gasteiger partial charge in [-0.15, -0.1) is 0 Å². The van der Waals surface area contributed by atoms with Crippen LogP contribution in [0, 0.1) is 0 Å². The molecule has 15 atom stereocenters. The third-order valence-corrected chi connectivity index (χ3v) is 18.4. The minimum Gasteiger partial charge on any atom is -0.479 e. The van der Waals surface area contributed by atoms with E-state index in [0.29, 0.717) is 0 Å². The number of aliphatic carboxylic acids is 1. The van der Waals surface area contributed by atoms with Gasteiger partial charge in [0.05, 0.1) is 97.4 Å². The molecule has 3 fully saturated rings. The first-order valence-electron chi connectivity index (χ1n) is 35.0. The minimum atomic E-state index is -1.78. The molecule has 3 heterocycles. The van der Waals surface area contributed by atoms with Crippen LogP contribution >= 0.6 is 0 Å². The Labute approximate surface area is 601 Å². The van der Waals surface area contributed by atoms with E-state index in [4.69, 9.17) is 62.6 Å². The van der Waals surface area contributed by atoms with E-state index >= 15 is 9.59 Å². The van der Waals surface area contributed by atoms with Gasteiger partial charge in [0, 0.05) is 0 Å². The molecule has 0 bridgehead atoms. The summed E-state index contributed by atoms with van der Waals surface area (Å²) < 4.78 is 81.8. The Morgan fingerprint density at radius 2 is 0.505 bits per heavy atom. The molecule has 0 spiro atoms. The molecular formula is C84H89N3O16. The van der Waals surface area contributed by atoms with Crippen molar-refractivity contribution >= 4 is 17.8 Å². The second-order valence-electron chi connectivity index (χ2n) is 25.8. The number of carboxylic acid groups (broad SMARTS) is 1. The standard InChI is InChI=1S/C84H89N3O16/c85-70-76(98-52-64-40-22-7-23-41-64)73(95-49-61-34-16-4-17-35-61)67(55-92-46-58-28-10-1-11-29-58)101-77(70)82(88)86-71-78(99-53-65-42-24-8-25-43-65)74(96-50-62-36-18-5-19-37-62)68(56-93-47-59-30-12-2-13-31-59)102-80(71)83(89)87-72-79(100-54-66-44-26-9-27-45-66)75(97-51-63-38-20-6-21-39-63)69(103-81(72)84(90)91)57-94-48-60-32-14-3-15-33-60/h1-45,67-81H,46-57,85H2,(H,86,88)(H,87,89)(H,90,91)/t67-,68?,69-,70?,71-,72?,73-,74-,75-,76-,77-,78-,79-,80?,81-/m1/s1. The fraction of sp³-hybridized carbons (Fsp3) is 0.321. The summed E-state index contributed by atoms with van der Waals surface area (Å²) in [6.07, 6.45) is -14.7. The lowest BCUT2D eigenvalue weighted by atomic mass is 9.88. The summed E-state index contributed by atoms with van der Waals surface area (Å²) in [5.41, 5.74) is 15.0. The lowest BCUT2D eigenvalue weighted by molar-refractivity contribution is -0.242. The molecule has 0 radical (unpaired) electrons. The normalized spacial score (nSPS) is 24.7. The Morgan fingerprint density at radius 1 is 0.291 bits per heavy atom. The summed E-state index contributed by atoms with van der Waals surface area (Å²) in [6.45, 7) is 0.458. The molecule has 103 heavy (non-hydrogen) atoms. The summed E-state index contributed by atoms with van der Waals surface area (Å²) in [5, 5.41) is 17.8. The Hall–Kier alpha value is -9.13. The van der Waals surface area contributed by atoms with Gasteiger partial charge in [-0.05, 0) is 50.1 Å². The zero-order valence-corrected chi connectivity index (χ0v) is 57.3. The van der Waals surface area contributed by atoms with Crippen LogP contribution in [0.25, 0.3) is 0 Å². The van der Waals surface area contributed by atoms with E-state index in [2.05, 4.69) is 10.6 Å². The van der Waals surface area contributed by atoms with Gasteiger partial charge in [-0.1, -0.05) is 273 Å². The number of hydrogen-bond donors (Lipinski definition) is 4. The van der Waals surface area contributed by atoms with Crippen molar-refractivity contribution in [2.24, 2.45) is 5.73 Å². The van der Waals surface area contributed by atoms with Gasteiger partial charge >= 0.3 is 5.97 Å². The summed E-state index contributed by atoms with van der Waals surface area (Å²) in [7, 11) is 0. The lowest BCUT2D eigenvalue weighted by Gasteiger charge is -2.49. The third kappa shape index (κ3) is 21.0. The van der Waals surface area contributed by atoms with E-state index in [1.165, 1.54) is 0 Å². The highest BCUT2D eigenvalue weighted by atomic mass is 16.6. The molecule has 4 unspecified atom stereocenters. The van der Waals surface area contributed by atoms with Crippen molar-refractivity contribution in [2.45, 2.75) is 151 Å². The summed E-state index contributed by atoms with van der Waals surface area (Å²) in [5.74, 6) is -3.05. The number of ether oxygens (including phenoxy) is 12. The van der Waals surface area contributed by atoms with Crippen molar-refractivity contribution in [3.63, 3.8) is 0 Å². The second-order valence-corrected chi connectivity index (χ2v) is 25.8. The SMILES string of the molecule is NC1[C@@H](OCc2ccccc2)[C@H](OCc2ccccc2)[C@@H](COCc2ccccc2)O[C@H]1C(=O)N[C@H]1C(C(=O)NC2[C@@H](OCc3ccccc3)[C@H](OCc3ccccc3)[C@@H](COCc3ccccc3)O[C@H]2C(=O)O)OC(COCc2ccccc2)[C@@H](OCc2ccccc2)[C@@H]1OCc1ccccc1. The van der Waals surface area contributed by atoms with Gasteiger partial charge in [0.1, 0.15) is 54.9 Å². The van der Waals surface area contributed by atoms with Gasteiger partial charge < -0.3 is 78.3 Å². The van der Waals surface area contributed by atoms with Crippen molar-refractivity contribution in [3.05, 3.63) is 323 Å². The number of hydrogen-bond acceptors (Lipinski definition) is 16. The molecule has 19 heteroatoms. The monoisotopic (exact) mass is 1400 g/mol. The van der Waals surface area contributed by atoms with Crippen LogP contribution in [-0.2, 0) is 131 Å². The molecule has 12 rings (SSSR count). The Morgan fingerprint density at radius 3 is 0.786 bits per heavy atom. The van der Waals surface area contributed by atoms with Crippen LogP contribution in [0.4, 0.5) is 0 Å². The van der Waals surface area contributed by atoms with Crippen molar-refractivity contribution < 1.29 is 76.3 Å². The number of carbonyl (C=O) groups is 3. The molecule has 0 aliphatic carbocycles. The highest BCUT2D eigenvalue weighted by Crippen LogP contribution is 2.35. The van der Waals surface area contributed by atoms with Crippen LogP contribution in [0.3, 0.4) is 0 Å². The van der Waals surface area contributed by atoms with Crippen LogP contribution in [0.2, 0.25) is 0 Å². The molecule has 536 valence electrons. The van der Waals surface area contributed by atoms with Crippen LogP contribution in [0.15, 0.2) is 273 Å². The Bertz CT molecular complexity index is 3940. The number of nitrogens with one attached hydrogen (secondary N) is 2. The summed E-state index contributed by atoms with van der Waals surface area (Å²) in [4.78, 5) is 46.9. The zero-order valence-electron chi connectivity index (χ0n) is 57.3. The topological polar surface area (TPSA) is 232 Å². The molecule has 5 N–H and O–H groups in total. The summed E-state index contributed by atoms with van der Waals surface area (Å²) >= 11 is 0. The lowest BCUT2D eigenvalue weighted by Crippen LogP contribution is -2.73. The second kappa shape index (κ2) is 38.4. The first kappa shape index (κ1) is 73.6. The fourth-order valence-electron chi connectivity index (χ4n) is 13.1. The number of carboxylic acids is 1. The number of nitrogens with two attached hydrogens (primary N) is 1. The average molecular weight is 1400 g/mol. The van der Waals surface area contributed by atoms with E-state index in [9.17, 15) is 9.90 Å². The molecule has 0 saturated carbocycles. The maximum Gasteiger partial charge on any atom is 0.335 e. The molecule has 3 aliphatic rings. The summed E-state index contributed by atoms with van der Waals surface area (Å²) in [6, 6.07) is 81.8. The molecule has 3 saturated heterocycles. The van der Waals surface area contributed by atoms with E-state index in [0.717, 1.165) is 50.1 Å². The van der Waals surface area contributed by atoms with Gasteiger partial charge in [-0.3, -0.25) is 9.59 Å². The number of benzene rings is 9. The van der Waals surface area contributed by atoms with E-state index in [-0.39, 0.29) is 79.3 Å². The van der Waals surface area contributed by atoms with Gasteiger partial charge in [0.2, 0.25) is 0 Å². The quantitative estimate of drug-likeness (QED) is 0.0289. The number of carbonyl (C=O) groups excluding carboxylic acids is 2. The van der Waals surface area contributed by atoms with Gasteiger partial charge in [0.15, 0.2) is 18.3 Å². The van der Waals surface area contributed by atoms with Crippen LogP contribution in [0.5, 0.6) is 0 Å². The molecule has 0 aromatic heterocycles. The van der Waals surface area contributed by atoms with E-state index in [1.807, 2.05) is 273 Å². The zero-order chi connectivity index (χ0) is 70.8. The predicted molar refractivity (Wildman–Crippen MR) is 384 cm³/mol. The maximum absolute atomic E-state index is 16.5. The Kier molecular flexibility index (Phi) is 27.4. The van der Waals surface area contributed by atoms with Crippen LogP contribution < -0.4 is 16.4 Å². The maximum atomic E-state index is 16.5. The van der Waals surface area contributed by atoms with Crippen molar-refractivity contribution in [1.82, 2.24) is 10.6 Å². The van der Waals surface area contributed by atoms with Crippen LogP contribution in [-0.4, -0.2) is 134 Å². The van der Waals surface area contributed by atoms with Gasteiger partial charge in [0.25, 0.3) is 11.8 Å². The van der Waals surface area contributed by atoms with Gasteiger partial charge in [-0.25, -0.2) is 4.79 Å². The van der Waals surface area contributed by atoms with Crippen molar-refractivity contribution in [1.29, 1.82) is 0 Å². The number of rotatable bonds is 35. The Balaban J connectivity index is 0.939. The van der Waals surface area contributed by atoms with Crippen molar-refractivity contribution in [3.8, 4) is 0 Å². The molecular weight excluding hydrogens is 1310 g/mol. The largest absolute Gasteiger partial charge is 0.479 e. The molecule has 9 aromatic rings. The third-order valence-electron chi connectivity index (χ3n) is 18.4. The van der Waals surface area contributed by atoms with E-state index < -0.39 is 109 Å². The average Bonchev–Trinajstić information content (AvgIpc) is 0.766. The smallest absolute Gasteiger partial charge is 0.335 e. The molecule has 2 amide bonds. The molecule has 19 nitrogen and oxygen atoms in total. The first-order chi connectivity index (χ1) is 50.7. The van der Waals surface area contributed by atoms with Gasteiger partial charge in [-0.2, -0.15) is 0 Å². The minimum absolute atomic E-state index is 0.0313.